The first-order chi connectivity index (χ1) is 21.3. The van der Waals surface area contributed by atoms with Crippen molar-refractivity contribution in [2.75, 3.05) is 5.32 Å². The molecule has 0 saturated carbocycles. The van der Waals surface area contributed by atoms with Gasteiger partial charge in [0.2, 0.25) is 0 Å². The van der Waals surface area contributed by atoms with Crippen LogP contribution in [0, 0.1) is 0 Å². The summed E-state index contributed by atoms with van der Waals surface area (Å²) < 4.78 is 11.5. The zero-order chi connectivity index (χ0) is 28.1. The Morgan fingerprint density at radius 1 is 0.535 bits per heavy atom. The van der Waals surface area contributed by atoms with Gasteiger partial charge in [0.25, 0.3) is 0 Å². The quantitative estimate of drug-likeness (QED) is 0.224. The molecular weight excluding hydrogens is 545 g/mol. The molecule has 43 heavy (non-hydrogen) atoms. The Hall–Kier alpha value is -5.32. The number of nitrogens with zero attached hydrogens (tertiary/aromatic N) is 1. The molecular formula is C39H24N2OS. The van der Waals surface area contributed by atoms with Crippen LogP contribution >= 0.6 is 11.3 Å². The molecule has 1 N–H and O–H groups in total. The molecule has 202 valence electrons. The van der Waals surface area contributed by atoms with Crippen molar-refractivity contribution in [1.82, 2.24) is 4.57 Å². The molecule has 1 aliphatic rings. The number of benzene rings is 7. The Morgan fingerprint density at radius 2 is 1.16 bits per heavy atom. The molecule has 1 aliphatic heterocycles. The highest BCUT2D eigenvalue weighted by Gasteiger charge is 2.27. The minimum absolute atomic E-state index is 0.237. The second kappa shape index (κ2) is 8.60. The summed E-state index contributed by atoms with van der Waals surface area (Å²) in [5.74, 6) is 0.909. The average molecular weight is 569 g/mol. The first kappa shape index (κ1) is 23.3. The summed E-state index contributed by atoms with van der Waals surface area (Å²) in [6.45, 7) is 0. The summed E-state index contributed by atoms with van der Waals surface area (Å²) in [4.78, 5) is 0. The standard InChI is InChI=1S/C39H24N2OS/c1-3-9-27-23(7-1)15-19-30-35(27)36-28-10-4-2-8-24(28)16-20-31(36)41(30)26-17-13-25(14-18-26)39-40-38-32(42-39)21-22-34-37(38)29-11-5-6-12-33(29)43-34/h1-22,39-40H. The van der Waals surface area contributed by atoms with Crippen LogP contribution in [0.1, 0.15) is 11.8 Å². The lowest BCUT2D eigenvalue weighted by molar-refractivity contribution is 0.260. The molecule has 10 rings (SSSR count). The fourth-order valence-electron chi connectivity index (χ4n) is 7.10. The molecule has 1 atom stereocenters. The summed E-state index contributed by atoms with van der Waals surface area (Å²) in [6.07, 6.45) is -0.237. The number of ether oxygens (including phenoxy) is 1. The van der Waals surface area contributed by atoms with Gasteiger partial charge in [-0.05, 0) is 64.0 Å². The lowest BCUT2D eigenvalue weighted by Gasteiger charge is -2.14. The molecule has 0 saturated heterocycles. The number of thiophene rings is 1. The van der Waals surface area contributed by atoms with Crippen LogP contribution in [0.5, 0.6) is 5.75 Å². The molecule has 2 aromatic heterocycles. The third-order valence-corrected chi connectivity index (χ3v) is 10.2. The van der Waals surface area contributed by atoms with Crippen molar-refractivity contribution in [2.24, 2.45) is 0 Å². The van der Waals surface area contributed by atoms with Crippen molar-refractivity contribution in [3.05, 3.63) is 139 Å². The fraction of sp³-hybridized carbons (Fsp3) is 0.0256. The van der Waals surface area contributed by atoms with Crippen LogP contribution in [0.4, 0.5) is 5.69 Å². The van der Waals surface area contributed by atoms with Crippen molar-refractivity contribution >= 4 is 80.5 Å². The Balaban J connectivity index is 1.12. The van der Waals surface area contributed by atoms with Gasteiger partial charge in [0.15, 0.2) is 6.23 Å². The third kappa shape index (κ3) is 3.24. The van der Waals surface area contributed by atoms with E-state index in [-0.39, 0.29) is 6.23 Å². The number of nitrogens with one attached hydrogen (secondary N) is 1. The van der Waals surface area contributed by atoms with E-state index < -0.39 is 0 Å². The number of anilines is 1. The van der Waals surface area contributed by atoms with Crippen LogP contribution in [0.3, 0.4) is 0 Å². The number of aromatic nitrogens is 1. The van der Waals surface area contributed by atoms with Crippen LogP contribution in [0.25, 0.3) is 69.2 Å². The molecule has 0 amide bonds. The number of fused-ring (bicyclic) bond motifs is 12. The van der Waals surface area contributed by atoms with Crippen LogP contribution in [0.2, 0.25) is 0 Å². The first-order valence-electron chi connectivity index (χ1n) is 14.6. The van der Waals surface area contributed by atoms with E-state index in [0.717, 1.165) is 22.7 Å². The summed E-state index contributed by atoms with van der Waals surface area (Å²) in [6, 6.07) is 48.2. The second-order valence-electron chi connectivity index (χ2n) is 11.3. The van der Waals surface area contributed by atoms with E-state index in [0.29, 0.717) is 0 Å². The zero-order valence-electron chi connectivity index (χ0n) is 23.0. The molecule has 3 nitrogen and oxygen atoms in total. The van der Waals surface area contributed by atoms with E-state index in [1.807, 2.05) is 11.3 Å². The molecule has 0 fully saturated rings. The highest BCUT2D eigenvalue weighted by atomic mass is 32.1. The molecule has 1 unspecified atom stereocenters. The topological polar surface area (TPSA) is 26.2 Å². The van der Waals surface area contributed by atoms with Crippen LogP contribution < -0.4 is 10.1 Å². The minimum atomic E-state index is -0.237. The van der Waals surface area contributed by atoms with Gasteiger partial charge in [-0.2, -0.15) is 0 Å². The molecule has 0 spiro atoms. The number of hydrogen-bond donors (Lipinski definition) is 1. The van der Waals surface area contributed by atoms with Crippen molar-refractivity contribution in [3.63, 3.8) is 0 Å². The maximum absolute atomic E-state index is 6.47. The van der Waals surface area contributed by atoms with Gasteiger partial charge in [0.05, 0.1) is 16.7 Å². The third-order valence-electron chi connectivity index (χ3n) is 9.03. The lowest BCUT2D eigenvalue weighted by Crippen LogP contribution is -2.10. The molecule has 0 radical (unpaired) electrons. The van der Waals surface area contributed by atoms with Gasteiger partial charge in [0, 0.05) is 42.2 Å². The molecule has 9 aromatic rings. The van der Waals surface area contributed by atoms with Gasteiger partial charge in [0.1, 0.15) is 5.75 Å². The predicted octanol–water partition coefficient (Wildman–Crippen LogP) is 11.0. The normalized spacial score (nSPS) is 14.7. The highest BCUT2D eigenvalue weighted by molar-refractivity contribution is 7.26. The maximum atomic E-state index is 6.47. The van der Waals surface area contributed by atoms with E-state index in [4.69, 9.17) is 4.74 Å². The summed E-state index contributed by atoms with van der Waals surface area (Å²) in [7, 11) is 0. The van der Waals surface area contributed by atoms with Crippen LogP contribution in [-0.4, -0.2) is 4.57 Å². The zero-order valence-corrected chi connectivity index (χ0v) is 23.9. The summed E-state index contributed by atoms with van der Waals surface area (Å²) in [5, 5.41) is 13.9. The number of rotatable bonds is 2. The SMILES string of the molecule is c1ccc2c(c1)ccc1c2c2c3ccccc3ccc2n1-c1ccc(C2Nc3c(ccc4sc5ccccc5c34)O2)cc1. The van der Waals surface area contributed by atoms with E-state index in [9.17, 15) is 0 Å². The predicted molar refractivity (Wildman–Crippen MR) is 182 cm³/mol. The molecule has 4 heteroatoms. The smallest absolute Gasteiger partial charge is 0.196 e. The van der Waals surface area contributed by atoms with Crippen molar-refractivity contribution in [2.45, 2.75) is 6.23 Å². The van der Waals surface area contributed by atoms with Gasteiger partial charge in [-0.1, -0.05) is 91.0 Å². The largest absolute Gasteiger partial charge is 0.464 e. The maximum Gasteiger partial charge on any atom is 0.196 e. The van der Waals surface area contributed by atoms with Gasteiger partial charge in [-0.3, -0.25) is 0 Å². The van der Waals surface area contributed by atoms with E-state index in [1.165, 1.54) is 63.5 Å². The molecule has 3 heterocycles. The summed E-state index contributed by atoms with van der Waals surface area (Å²) >= 11 is 1.83. The van der Waals surface area contributed by atoms with E-state index in [2.05, 4.69) is 143 Å². The van der Waals surface area contributed by atoms with Gasteiger partial charge in [-0.15, -0.1) is 11.3 Å². The van der Waals surface area contributed by atoms with E-state index in [1.54, 1.807) is 0 Å². The Labute approximate surface area is 251 Å². The second-order valence-corrected chi connectivity index (χ2v) is 12.4. The highest BCUT2D eigenvalue weighted by Crippen LogP contribution is 2.48. The Bertz CT molecular complexity index is 2480. The fourth-order valence-corrected chi connectivity index (χ4v) is 8.22. The van der Waals surface area contributed by atoms with Crippen LogP contribution in [0.15, 0.2) is 133 Å². The van der Waals surface area contributed by atoms with Crippen molar-refractivity contribution in [1.29, 1.82) is 0 Å². The van der Waals surface area contributed by atoms with Crippen molar-refractivity contribution in [3.8, 4) is 11.4 Å². The van der Waals surface area contributed by atoms with Gasteiger partial charge >= 0.3 is 0 Å². The van der Waals surface area contributed by atoms with E-state index >= 15 is 0 Å². The van der Waals surface area contributed by atoms with Crippen molar-refractivity contribution < 1.29 is 4.74 Å². The molecule has 7 aromatic carbocycles. The Kier molecular flexibility index (Phi) is 4.65. The lowest BCUT2D eigenvalue weighted by atomic mass is 10.00. The van der Waals surface area contributed by atoms with Crippen LogP contribution in [-0.2, 0) is 0 Å². The first-order valence-corrected chi connectivity index (χ1v) is 15.4. The van der Waals surface area contributed by atoms with Gasteiger partial charge < -0.3 is 14.6 Å². The minimum Gasteiger partial charge on any atom is -0.464 e. The van der Waals surface area contributed by atoms with Gasteiger partial charge in [-0.25, -0.2) is 0 Å². The number of hydrogen-bond acceptors (Lipinski definition) is 3. The average Bonchev–Trinajstić information content (AvgIpc) is 3.76. The summed E-state index contributed by atoms with van der Waals surface area (Å²) in [5.41, 5.74) is 5.75. The molecule has 0 bridgehead atoms. The monoisotopic (exact) mass is 568 g/mol. The Morgan fingerprint density at radius 3 is 1.86 bits per heavy atom. The molecule has 0 aliphatic carbocycles.